The number of hydrogen-bond acceptors (Lipinski definition) is 7. The summed E-state index contributed by atoms with van der Waals surface area (Å²) < 4.78 is 72.7. The summed E-state index contributed by atoms with van der Waals surface area (Å²) >= 11 is 0. The summed E-state index contributed by atoms with van der Waals surface area (Å²) in [7, 11) is -2.29. The third-order valence-corrected chi connectivity index (χ3v) is 7.87. The standard InChI is InChI=1S/C30H32F2N2O7S/c1-39-26-15-34(16-26)29(36)30(32)13-23(20-4-3-5-24(10-20)40-17-19-6-7-19)11-25(14-30)41-18-22-9-8-21(12-27(22)31)28(35)33-42(2,37)38/h3-5,8-13,19,26H,6-7,14-18H2,1-2H3,(H,33,35). The minimum atomic E-state index is -3.82. The van der Waals surface area contributed by atoms with Crippen molar-refractivity contribution in [3.8, 4) is 5.75 Å². The molecule has 42 heavy (non-hydrogen) atoms. The first kappa shape index (κ1) is 29.7. The molecule has 0 aromatic heterocycles. The predicted molar refractivity (Wildman–Crippen MR) is 150 cm³/mol. The van der Waals surface area contributed by atoms with Crippen LogP contribution in [-0.4, -0.2) is 70.0 Å². The average Bonchev–Trinajstić information content (AvgIpc) is 3.74. The van der Waals surface area contributed by atoms with Crippen LogP contribution in [0.4, 0.5) is 8.78 Å². The topological polar surface area (TPSA) is 111 Å². The molecule has 1 saturated carbocycles. The number of methoxy groups -OCH3 is 1. The van der Waals surface area contributed by atoms with Gasteiger partial charge in [-0.3, -0.25) is 9.59 Å². The summed E-state index contributed by atoms with van der Waals surface area (Å²) in [5.41, 5.74) is -1.50. The first-order chi connectivity index (χ1) is 19.9. The number of allylic oxidation sites excluding steroid dienone is 3. The second-order valence-corrected chi connectivity index (χ2v) is 12.6. The number of alkyl halides is 1. The minimum Gasteiger partial charge on any atom is -0.493 e. The largest absolute Gasteiger partial charge is 0.493 e. The van der Waals surface area contributed by atoms with Crippen molar-refractivity contribution in [2.75, 3.05) is 33.1 Å². The molecule has 9 nitrogen and oxygen atoms in total. The van der Waals surface area contributed by atoms with Gasteiger partial charge in [-0.15, -0.1) is 0 Å². The number of benzene rings is 2. The molecular weight excluding hydrogens is 570 g/mol. The van der Waals surface area contributed by atoms with E-state index < -0.39 is 39.7 Å². The van der Waals surface area contributed by atoms with Gasteiger partial charge in [0, 0.05) is 31.3 Å². The Morgan fingerprint density at radius 2 is 1.88 bits per heavy atom. The van der Waals surface area contributed by atoms with E-state index >= 15 is 4.39 Å². The zero-order chi connectivity index (χ0) is 30.1. The Balaban J connectivity index is 1.36. The molecule has 1 aliphatic heterocycles. The van der Waals surface area contributed by atoms with Crippen LogP contribution < -0.4 is 9.46 Å². The Bertz CT molecular complexity index is 1550. The van der Waals surface area contributed by atoms with Gasteiger partial charge in [-0.2, -0.15) is 0 Å². The van der Waals surface area contributed by atoms with Gasteiger partial charge in [0.1, 0.15) is 23.9 Å². The molecule has 1 heterocycles. The van der Waals surface area contributed by atoms with Crippen molar-refractivity contribution >= 4 is 27.4 Å². The molecule has 3 aliphatic rings. The Labute approximate surface area is 243 Å². The van der Waals surface area contributed by atoms with E-state index in [4.69, 9.17) is 14.2 Å². The zero-order valence-corrected chi connectivity index (χ0v) is 24.1. The Morgan fingerprint density at radius 1 is 1.12 bits per heavy atom. The molecule has 2 aromatic rings. The van der Waals surface area contributed by atoms with E-state index in [1.54, 1.807) is 29.0 Å². The van der Waals surface area contributed by atoms with Gasteiger partial charge in [0.25, 0.3) is 11.8 Å². The van der Waals surface area contributed by atoms with E-state index in [0.717, 1.165) is 25.2 Å². The lowest BCUT2D eigenvalue weighted by molar-refractivity contribution is -0.153. The van der Waals surface area contributed by atoms with Gasteiger partial charge in [0.2, 0.25) is 15.7 Å². The molecule has 2 aliphatic carbocycles. The number of amides is 2. The van der Waals surface area contributed by atoms with Gasteiger partial charge in [-0.1, -0.05) is 18.2 Å². The summed E-state index contributed by atoms with van der Waals surface area (Å²) in [5, 5.41) is 0. The number of likely N-dealkylation sites (tertiary alicyclic amines) is 1. The Kier molecular flexibility index (Phi) is 8.38. The van der Waals surface area contributed by atoms with Crippen LogP contribution in [0.3, 0.4) is 0 Å². The second-order valence-electron chi connectivity index (χ2n) is 10.9. The fourth-order valence-electron chi connectivity index (χ4n) is 4.70. The molecule has 0 spiro atoms. The van der Waals surface area contributed by atoms with Crippen molar-refractivity contribution in [3.05, 3.63) is 82.9 Å². The lowest BCUT2D eigenvalue weighted by Crippen LogP contribution is -2.59. The lowest BCUT2D eigenvalue weighted by atomic mass is 9.87. The summed E-state index contributed by atoms with van der Waals surface area (Å²) in [6, 6.07) is 10.6. The van der Waals surface area contributed by atoms with E-state index in [-0.39, 0.29) is 42.7 Å². The van der Waals surface area contributed by atoms with Gasteiger partial charge in [-0.25, -0.2) is 21.9 Å². The molecule has 1 atom stereocenters. The Morgan fingerprint density at radius 3 is 2.55 bits per heavy atom. The number of rotatable bonds is 11. The molecule has 2 aromatic carbocycles. The van der Waals surface area contributed by atoms with Crippen LogP contribution in [0.25, 0.3) is 5.57 Å². The molecule has 0 bridgehead atoms. The van der Waals surface area contributed by atoms with Crippen molar-refractivity contribution in [2.24, 2.45) is 5.92 Å². The predicted octanol–water partition coefficient (Wildman–Crippen LogP) is 3.76. The molecule has 1 N–H and O–H groups in total. The fraction of sp³-hybridized carbons (Fsp3) is 0.400. The molecule has 12 heteroatoms. The van der Waals surface area contributed by atoms with Crippen LogP contribution in [-0.2, 0) is 30.9 Å². The van der Waals surface area contributed by atoms with Crippen LogP contribution in [0.15, 0.2) is 60.4 Å². The highest BCUT2D eigenvalue weighted by Gasteiger charge is 2.46. The number of ether oxygens (including phenoxy) is 3. The normalized spacial score (nSPS) is 20.7. The summed E-state index contributed by atoms with van der Waals surface area (Å²) in [6.45, 7) is 0.843. The summed E-state index contributed by atoms with van der Waals surface area (Å²) in [5.74, 6) is -1.18. The van der Waals surface area contributed by atoms with Gasteiger partial charge in [-0.05, 0) is 66.3 Å². The second kappa shape index (κ2) is 11.8. The number of halogens is 2. The lowest BCUT2D eigenvalue weighted by Gasteiger charge is -2.41. The molecule has 2 amide bonds. The molecular formula is C30H32F2N2O7S. The van der Waals surface area contributed by atoms with Gasteiger partial charge < -0.3 is 19.1 Å². The number of carbonyl (C=O) groups is 2. The highest BCUT2D eigenvalue weighted by molar-refractivity contribution is 7.89. The van der Waals surface area contributed by atoms with Gasteiger partial charge in [0.15, 0.2) is 0 Å². The maximum Gasteiger partial charge on any atom is 0.265 e. The third kappa shape index (κ3) is 7.16. The summed E-state index contributed by atoms with van der Waals surface area (Å²) in [6.07, 6.45) is 5.45. The highest BCUT2D eigenvalue weighted by atomic mass is 32.2. The van der Waals surface area contributed by atoms with Crippen LogP contribution in [0.1, 0.15) is 40.7 Å². The number of nitrogens with zero attached hydrogens (tertiary/aromatic N) is 1. The van der Waals surface area contributed by atoms with Crippen molar-refractivity contribution < 1.29 is 41.0 Å². The van der Waals surface area contributed by atoms with Gasteiger partial charge in [0.05, 0.1) is 25.4 Å². The van der Waals surface area contributed by atoms with Crippen LogP contribution in [0.2, 0.25) is 0 Å². The first-order valence-electron chi connectivity index (χ1n) is 13.5. The molecule has 224 valence electrons. The van der Waals surface area contributed by atoms with Crippen LogP contribution in [0, 0.1) is 11.7 Å². The SMILES string of the molecule is COC1CN(C(=O)C2(F)C=C(c3cccc(OCC4CC4)c3)C=C(OCc3ccc(C(=O)NS(C)(=O)=O)cc3F)C2)C1. The first-order valence-corrected chi connectivity index (χ1v) is 15.4. The maximum absolute atomic E-state index is 16.5. The van der Waals surface area contributed by atoms with E-state index in [0.29, 0.717) is 29.4 Å². The quantitative estimate of drug-likeness (QED) is 0.417. The molecule has 5 rings (SSSR count). The number of carbonyl (C=O) groups excluding carboxylic acids is 2. The molecule has 0 radical (unpaired) electrons. The van der Waals surface area contributed by atoms with Crippen molar-refractivity contribution in [2.45, 2.75) is 37.6 Å². The monoisotopic (exact) mass is 602 g/mol. The van der Waals surface area contributed by atoms with Gasteiger partial charge >= 0.3 is 0 Å². The maximum atomic E-state index is 16.5. The number of sulfonamides is 1. The van der Waals surface area contributed by atoms with E-state index in [1.807, 2.05) is 6.07 Å². The number of nitrogens with one attached hydrogen (secondary N) is 1. The van der Waals surface area contributed by atoms with Crippen LogP contribution >= 0.6 is 0 Å². The molecule has 2 fully saturated rings. The van der Waals surface area contributed by atoms with Crippen LogP contribution in [0.5, 0.6) is 5.75 Å². The summed E-state index contributed by atoms with van der Waals surface area (Å²) in [4.78, 5) is 26.7. The minimum absolute atomic E-state index is 0.0554. The van der Waals surface area contributed by atoms with Crippen molar-refractivity contribution in [1.82, 2.24) is 9.62 Å². The van der Waals surface area contributed by atoms with Crippen molar-refractivity contribution in [1.29, 1.82) is 0 Å². The Hall–Kier alpha value is -3.77. The van der Waals surface area contributed by atoms with E-state index in [9.17, 15) is 22.4 Å². The van der Waals surface area contributed by atoms with E-state index in [1.165, 1.54) is 30.2 Å². The fourth-order valence-corrected chi connectivity index (χ4v) is 5.15. The van der Waals surface area contributed by atoms with E-state index in [2.05, 4.69) is 0 Å². The smallest absolute Gasteiger partial charge is 0.265 e. The zero-order valence-electron chi connectivity index (χ0n) is 23.3. The van der Waals surface area contributed by atoms with Crippen molar-refractivity contribution in [3.63, 3.8) is 0 Å². The average molecular weight is 603 g/mol. The molecule has 1 saturated heterocycles. The number of hydrogen-bond donors (Lipinski definition) is 1. The third-order valence-electron chi connectivity index (χ3n) is 7.31. The molecule has 1 unspecified atom stereocenters. The highest BCUT2D eigenvalue weighted by Crippen LogP contribution is 2.38.